The van der Waals surface area contributed by atoms with Crippen molar-refractivity contribution < 1.29 is 38.4 Å². The summed E-state index contributed by atoms with van der Waals surface area (Å²) in [6, 6.07) is 5.61. The molecule has 1 aromatic carbocycles. The fraction of sp³-hybridized carbons (Fsp3) is 0.636. The topological polar surface area (TPSA) is 113 Å². The highest BCUT2D eigenvalue weighted by molar-refractivity contribution is 6.00. The van der Waals surface area contributed by atoms with E-state index in [4.69, 9.17) is 23.7 Å². The van der Waals surface area contributed by atoms with Gasteiger partial charge in [0, 0.05) is 6.04 Å². The maximum absolute atomic E-state index is 12.0. The molecule has 9 heteroatoms. The van der Waals surface area contributed by atoms with E-state index in [1.54, 1.807) is 19.1 Å². The highest BCUT2D eigenvalue weighted by Crippen LogP contribution is 2.21. The van der Waals surface area contributed by atoms with Gasteiger partial charge in [0.15, 0.2) is 0 Å². The number of nitrogens with one attached hydrogen (secondary N) is 1. The number of hydrogen-bond acceptors (Lipinski definition) is 9. The number of esters is 2. The molecule has 1 saturated carbocycles. The molecule has 2 aliphatic rings. The van der Waals surface area contributed by atoms with Crippen LogP contribution in [-0.2, 0) is 23.8 Å². The Kier molecular flexibility index (Phi) is 8.51. The first-order valence-corrected chi connectivity index (χ1v) is 10.7. The number of ether oxygens (including phenoxy) is 5. The fourth-order valence-corrected chi connectivity index (χ4v) is 3.43. The summed E-state index contributed by atoms with van der Waals surface area (Å²) in [4.78, 5) is 24.0. The van der Waals surface area contributed by atoms with Gasteiger partial charge in [-0.05, 0) is 51.0 Å². The summed E-state index contributed by atoms with van der Waals surface area (Å²) in [5.41, 5.74) is 0. The Morgan fingerprint density at radius 1 is 1.00 bits per heavy atom. The summed E-state index contributed by atoms with van der Waals surface area (Å²) in [7, 11) is 0. The monoisotopic (exact) mass is 437 g/mol. The molecular formula is C22H31NO8. The van der Waals surface area contributed by atoms with Crippen LogP contribution in [0.25, 0.3) is 0 Å². The van der Waals surface area contributed by atoms with Gasteiger partial charge < -0.3 is 28.8 Å². The van der Waals surface area contributed by atoms with E-state index in [-0.39, 0.29) is 12.6 Å². The van der Waals surface area contributed by atoms with Gasteiger partial charge in [-0.25, -0.2) is 9.59 Å². The number of carbonyl (C=O) groups is 2. The minimum Gasteiger partial charge on any atom is -0.492 e. The third-order valence-corrected chi connectivity index (χ3v) is 5.11. The second kappa shape index (κ2) is 11.3. The summed E-state index contributed by atoms with van der Waals surface area (Å²) in [6.45, 7) is 4.43. The van der Waals surface area contributed by atoms with Gasteiger partial charge in [-0.3, -0.25) is 5.32 Å². The van der Waals surface area contributed by atoms with Crippen LogP contribution >= 0.6 is 0 Å². The van der Waals surface area contributed by atoms with E-state index in [1.165, 1.54) is 19.8 Å². The zero-order chi connectivity index (χ0) is 22.2. The summed E-state index contributed by atoms with van der Waals surface area (Å²) in [5.74, 6) is -0.208. The van der Waals surface area contributed by atoms with Crippen LogP contribution in [0, 0.1) is 0 Å². The van der Waals surface area contributed by atoms with E-state index in [0.29, 0.717) is 25.1 Å². The Balaban J connectivity index is 1.35. The summed E-state index contributed by atoms with van der Waals surface area (Å²) < 4.78 is 27.0. The lowest BCUT2D eigenvalue weighted by atomic mass is 10.2. The molecule has 1 aromatic rings. The van der Waals surface area contributed by atoms with E-state index < -0.39 is 30.4 Å². The molecule has 0 spiro atoms. The lowest BCUT2D eigenvalue weighted by molar-refractivity contribution is -0.223. The van der Waals surface area contributed by atoms with E-state index >= 15 is 0 Å². The standard InChI is InChI=1S/C22H31NO8/c1-14(23-19-20(25)30-22(15(2)24)31-21(19)26)13-29-18-9-7-17(8-10-18)28-12-11-27-16-5-3-4-6-16/h7-10,14-16,19,22-24H,3-6,11-13H2,1-2H3. The van der Waals surface area contributed by atoms with Crippen molar-refractivity contribution in [2.45, 2.75) is 70.1 Å². The maximum Gasteiger partial charge on any atom is 0.338 e. The first kappa shape index (κ1) is 23.3. The Morgan fingerprint density at radius 3 is 2.16 bits per heavy atom. The quantitative estimate of drug-likeness (QED) is 0.302. The predicted molar refractivity (Wildman–Crippen MR) is 110 cm³/mol. The van der Waals surface area contributed by atoms with Crippen molar-refractivity contribution in [3.8, 4) is 11.5 Å². The molecule has 1 saturated heterocycles. The van der Waals surface area contributed by atoms with Gasteiger partial charge >= 0.3 is 11.9 Å². The lowest BCUT2D eigenvalue weighted by Crippen LogP contribution is -2.57. The van der Waals surface area contributed by atoms with E-state index in [9.17, 15) is 14.7 Å². The first-order chi connectivity index (χ1) is 14.9. The van der Waals surface area contributed by atoms with Crippen molar-refractivity contribution in [1.82, 2.24) is 5.32 Å². The average molecular weight is 437 g/mol. The van der Waals surface area contributed by atoms with Gasteiger partial charge in [0.1, 0.15) is 30.8 Å². The lowest BCUT2D eigenvalue weighted by Gasteiger charge is -2.30. The van der Waals surface area contributed by atoms with Crippen LogP contribution in [0.5, 0.6) is 11.5 Å². The molecule has 2 fully saturated rings. The third kappa shape index (κ3) is 7.09. The molecule has 2 atom stereocenters. The first-order valence-electron chi connectivity index (χ1n) is 10.7. The Labute approximate surface area is 181 Å². The van der Waals surface area contributed by atoms with Gasteiger partial charge in [-0.1, -0.05) is 12.8 Å². The van der Waals surface area contributed by atoms with Crippen LogP contribution in [0.3, 0.4) is 0 Å². The Morgan fingerprint density at radius 2 is 1.58 bits per heavy atom. The van der Waals surface area contributed by atoms with Crippen molar-refractivity contribution in [2.75, 3.05) is 19.8 Å². The second-order valence-electron chi connectivity index (χ2n) is 7.89. The van der Waals surface area contributed by atoms with Crippen LogP contribution in [0.2, 0.25) is 0 Å². The average Bonchev–Trinajstić information content (AvgIpc) is 3.26. The molecule has 1 aliphatic heterocycles. The number of cyclic esters (lactones) is 2. The van der Waals surface area contributed by atoms with E-state index in [0.717, 1.165) is 18.6 Å². The van der Waals surface area contributed by atoms with Gasteiger partial charge in [0.05, 0.1) is 12.7 Å². The van der Waals surface area contributed by atoms with Crippen molar-refractivity contribution >= 4 is 11.9 Å². The zero-order valence-corrected chi connectivity index (χ0v) is 18.0. The molecule has 0 radical (unpaired) electrons. The minimum atomic E-state index is -1.28. The Hall–Kier alpha value is -2.36. The summed E-state index contributed by atoms with van der Waals surface area (Å²) in [6.07, 6.45) is 2.79. The zero-order valence-electron chi connectivity index (χ0n) is 18.0. The predicted octanol–water partition coefficient (Wildman–Crippen LogP) is 1.56. The van der Waals surface area contributed by atoms with Gasteiger partial charge in [0.25, 0.3) is 6.29 Å². The highest BCUT2D eigenvalue weighted by atomic mass is 16.7. The van der Waals surface area contributed by atoms with Gasteiger partial charge in [-0.15, -0.1) is 0 Å². The molecule has 2 N–H and O–H groups in total. The number of hydrogen-bond donors (Lipinski definition) is 2. The summed E-state index contributed by atoms with van der Waals surface area (Å²) >= 11 is 0. The smallest absolute Gasteiger partial charge is 0.338 e. The molecule has 31 heavy (non-hydrogen) atoms. The number of rotatable bonds is 11. The number of aliphatic hydroxyl groups excluding tert-OH is 1. The minimum absolute atomic E-state index is 0.215. The normalized spacial score (nSPS) is 23.7. The Bertz CT molecular complexity index is 699. The van der Waals surface area contributed by atoms with Crippen molar-refractivity contribution in [3.63, 3.8) is 0 Å². The molecule has 1 aliphatic carbocycles. The molecule has 9 nitrogen and oxygen atoms in total. The molecule has 2 unspecified atom stereocenters. The number of aliphatic hydroxyl groups is 1. The van der Waals surface area contributed by atoms with Crippen molar-refractivity contribution in [1.29, 1.82) is 0 Å². The molecule has 0 aromatic heterocycles. The van der Waals surface area contributed by atoms with Crippen LogP contribution < -0.4 is 14.8 Å². The van der Waals surface area contributed by atoms with Crippen LogP contribution in [-0.4, -0.2) is 67.4 Å². The fourth-order valence-electron chi connectivity index (χ4n) is 3.43. The highest BCUT2D eigenvalue weighted by Gasteiger charge is 2.41. The molecule has 0 bridgehead atoms. The number of benzene rings is 1. The SMILES string of the molecule is CC(COc1ccc(OCCOC2CCCC2)cc1)NC1C(=O)OC(C(C)O)OC1=O. The molecule has 0 amide bonds. The molecular weight excluding hydrogens is 406 g/mol. The van der Waals surface area contributed by atoms with Crippen LogP contribution in [0.15, 0.2) is 24.3 Å². The third-order valence-electron chi connectivity index (χ3n) is 5.11. The second-order valence-corrected chi connectivity index (χ2v) is 7.89. The number of carbonyl (C=O) groups excluding carboxylic acids is 2. The van der Waals surface area contributed by atoms with Gasteiger partial charge in [-0.2, -0.15) is 0 Å². The van der Waals surface area contributed by atoms with E-state index in [2.05, 4.69) is 5.32 Å². The molecule has 1 heterocycles. The van der Waals surface area contributed by atoms with Crippen LogP contribution in [0.4, 0.5) is 0 Å². The molecule has 3 rings (SSSR count). The van der Waals surface area contributed by atoms with Crippen LogP contribution in [0.1, 0.15) is 39.5 Å². The van der Waals surface area contributed by atoms with E-state index in [1.807, 2.05) is 12.1 Å². The largest absolute Gasteiger partial charge is 0.492 e. The van der Waals surface area contributed by atoms with Crippen molar-refractivity contribution in [2.24, 2.45) is 0 Å². The van der Waals surface area contributed by atoms with Crippen molar-refractivity contribution in [3.05, 3.63) is 24.3 Å². The summed E-state index contributed by atoms with van der Waals surface area (Å²) in [5, 5.41) is 12.2. The molecule has 172 valence electrons. The van der Waals surface area contributed by atoms with Gasteiger partial charge in [0.2, 0.25) is 6.04 Å². The maximum atomic E-state index is 12.0.